The highest BCUT2D eigenvalue weighted by molar-refractivity contribution is 5.96. The van der Waals surface area contributed by atoms with Crippen molar-refractivity contribution in [2.24, 2.45) is 0 Å². The van der Waals surface area contributed by atoms with Crippen LogP contribution in [0.5, 0.6) is 0 Å². The highest BCUT2D eigenvalue weighted by atomic mass is 16.5. The van der Waals surface area contributed by atoms with Crippen molar-refractivity contribution in [2.75, 3.05) is 13.2 Å². The summed E-state index contributed by atoms with van der Waals surface area (Å²) < 4.78 is 5.35. The third-order valence-electron chi connectivity index (χ3n) is 2.21. The maximum absolute atomic E-state index is 11.6. The van der Waals surface area contributed by atoms with Crippen molar-refractivity contribution in [3.8, 4) is 0 Å². The molecule has 0 heterocycles. The Morgan fingerprint density at radius 1 is 1.20 bits per heavy atom. The van der Waals surface area contributed by atoms with Gasteiger partial charge in [-0.25, -0.2) is 0 Å². The summed E-state index contributed by atoms with van der Waals surface area (Å²) in [7, 11) is 0. The number of carbonyl (C=O) groups is 1. The van der Waals surface area contributed by atoms with Gasteiger partial charge in [0.25, 0.3) is 0 Å². The van der Waals surface area contributed by atoms with Crippen molar-refractivity contribution >= 4 is 5.78 Å². The Kier molecular flexibility index (Phi) is 5.71. The molecule has 0 atom stereocenters. The summed E-state index contributed by atoms with van der Waals surface area (Å²) in [4.78, 5) is 11.6. The predicted octanol–water partition coefficient (Wildman–Crippen LogP) is 3.08. The average molecular weight is 206 g/mol. The van der Waals surface area contributed by atoms with Crippen molar-refractivity contribution in [3.05, 3.63) is 35.9 Å². The van der Waals surface area contributed by atoms with E-state index in [-0.39, 0.29) is 5.78 Å². The molecule has 15 heavy (non-hydrogen) atoms. The first-order valence-electron chi connectivity index (χ1n) is 5.50. The Morgan fingerprint density at radius 3 is 2.60 bits per heavy atom. The number of benzene rings is 1. The average Bonchev–Trinajstić information content (AvgIpc) is 2.30. The van der Waals surface area contributed by atoms with E-state index in [2.05, 4.69) is 6.92 Å². The molecule has 82 valence electrons. The summed E-state index contributed by atoms with van der Waals surface area (Å²) in [5.41, 5.74) is 0.775. The van der Waals surface area contributed by atoms with E-state index in [1.165, 1.54) is 0 Å². The van der Waals surface area contributed by atoms with Gasteiger partial charge in [-0.2, -0.15) is 0 Å². The molecule has 1 aromatic carbocycles. The first kappa shape index (κ1) is 11.9. The Bertz CT molecular complexity index is 280. The maximum Gasteiger partial charge on any atom is 0.165 e. The van der Waals surface area contributed by atoms with Crippen LogP contribution >= 0.6 is 0 Å². The minimum absolute atomic E-state index is 0.159. The lowest BCUT2D eigenvalue weighted by atomic mass is 10.1. The van der Waals surface area contributed by atoms with Crippen LogP contribution < -0.4 is 0 Å². The summed E-state index contributed by atoms with van der Waals surface area (Å²) in [5.74, 6) is 0.159. The molecule has 0 aliphatic rings. The third-order valence-corrected chi connectivity index (χ3v) is 2.21. The molecule has 1 aromatic rings. The van der Waals surface area contributed by atoms with Crippen LogP contribution in [0.3, 0.4) is 0 Å². The van der Waals surface area contributed by atoms with Gasteiger partial charge >= 0.3 is 0 Å². The number of ketones is 1. The number of hydrogen-bond acceptors (Lipinski definition) is 2. The van der Waals surface area contributed by atoms with Crippen molar-refractivity contribution in [3.63, 3.8) is 0 Å². The van der Waals surface area contributed by atoms with Gasteiger partial charge in [0.1, 0.15) is 0 Å². The fraction of sp³-hybridized carbons (Fsp3) is 0.462. The first-order valence-corrected chi connectivity index (χ1v) is 5.50. The molecule has 0 aliphatic heterocycles. The van der Waals surface area contributed by atoms with Crippen LogP contribution in [-0.2, 0) is 4.74 Å². The molecule has 0 spiro atoms. The van der Waals surface area contributed by atoms with Crippen LogP contribution in [0.25, 0.3) is 0 Å². The topological polar surface area (TPSA) is 26.3 Å². The minimum atomic E-state index is 0.159. The van der Waals surface area contributed by atoms with Gasteiger partial charge in [-0.05, 0) is 6.42 Å². The molecule has 2 heteroatoms. The van der Waals surface area contributed by atoms with Gasteiger partial charge in [-0.15, -0.1) is 0 Å². The van der Waals surface area contributed by atoms with E-state index in [0.717, 1.165) is 25.0 Å². The largest absolute Gasteiger partial charge is 0.381 e. The quantitative estimate of drug-likeness (QED) is 0.506. The zero-order chi connectivity index (χ0) is 10.9. The molecule has 0 aliphatic carbocycles. The smallest absolute Gasteiger partial charge is 0.165 e. The van der Waals surface area contributed by atoms with E-state index in [4.69, 9.17) is 4.74 Å². The third kappa shape index (κ3) is 4.75. The summed E-state index contributed by atoms with van der Waals surface area (Å²) in [6.07, 6.45) is 2.68. The van der Waals surface area contributed by atoms with Gasteiger partial charge < -0.3 is 4.74 Å². The summed E-state index contributed by atoms with van der Waals surface area (Å²) in [6, 6.07) is 9.35. The highest BCUT2D eigenvalue weighted by Crippen LogP contribution is 2.03. The summed E-state index contributed by atoms with van der Waals surface area (Å²) in [6.45, 7) is 3.42. The van der Waals surface area contributed by atoms with Gasteiger partial charge in [0.2, 0.25) is 0 Å². The molecule has 2 nitrogen and oxygen atoms in total. The second-order valence-electron chi connectivity index (χ2n) is 3.51. The van der Waals surface area contributed by atoms with Crippen LogP contribution in [0.15, 0.2) is 30.3 Å². The molecule has 0 unspecified atom stereocenters. The van der Waals surface area contributed by atoms with Crippen LogP contribution in [0.2, 0.25) is 0 Å². The van der Waals surface area contributed by atoms with Gasteiger partial charge in [-0.3, -0.25) is 4.79 Å². The lowest BCUT2D eigenvalue weighted by Gasteiger charge is -2.02. The molecule has 0 radical (unpaired) electrons. The zero-order valence-corrected chi connectivity index (χ0v) is 9.24. The molecule has 1 rings (SSSR count). The molecule has 0 bridgehead atoms. The molecular formula is C13H18O2. The number of unbranched alkanes of at least 4 members (excludes halogenated alkanes) is 1. The molecule has 0 aromatic heterocycles. The van der Waals surface area contributed by atoms with Crippen LogP contribution in [0.4, 0.5) is 0 Å². The van der Waals surface area contributed by atoms with Crippen molar-refractivity contribution < 1.29 is 9.53 Å². The number of ether oxygens (including phenoxy) is 1. The molecular weight excluding hydrogens is 188 g/mol. The molecule has 0 saturated carbocycles. The number of rotatable bonds is 7. The predicted molar refractivity (Wildman–Crippen MR) is 61.1 cm³/mol. The summed E-state index contributed by atoms with van der Waals surface area (Å²) in [5, 5.41) is 0. The zero-order valence-electron chi connectivity index (χ0n) is 9.24. The van der Waals surface area contributed by atoms with E-state index >= 15 is 0 Å². The standard InChI is InChI=1S/C13H18O2/c1-2-3-10-15-11-9-13(14)12-7-5-4-6-8-12/h4-8H,2-3,9-11H2,1H3. The van der Waals surface area contributed by atoms with E-state index in [1.807, 2.05) is 30.3 Å². The van der Waals surface area contributed by atoms with E-state index in [1.54, 1.807) is 0 Å². The lowest BCUT2D eigenvalue weighted by Crippen LogP contribution is -2.05. The van der Waals surface area contributed by atoms with Gasteiger partial charge in [0, 0.05) is 18.6 Å². The maximum atomic E-state index is 11.6. The Morgan fingerprint density at radius 2 is 1.93 bits per heavy atom. The highest BCUT2D eigenvalue weighted by Gasteiger charge is 2.03. The SMILES string of the molecule is CCCCOCCC(=O)c1ccccc1. The van der Waals surface area contributed by atoms with Crippen molar-refractivity contribution in [2.45, 2.75) is 26.2 Å². The van der Waals surface area contributed by atoms with Crippen LogP contribution in [0, 0.1) is 0 Å². The van der Waals surface area contributed by atoms with E-state index in [0.29, 0.717) is 13.0 Å². The van der Waals surface area contributed by atoms with E-state index < -0.39 is 0 Å². The van der Waals surface area contributed by atoms with Gasteiger partial charge in [-0.1, -0.05) is 43.7 Å². The van der Waals surface area contributed by atoms with Crippen LogP contribution in [0.1, 0.15) is 36.5 Å². The minimum Gasteiger partial charge on any atom is -0.381 e. The first-order chi connectivity index (χ1) is 7.34. The Labute approximate surface area is 91.3 Å². The van der Waals surface area contributed by atoms with Gasteiger partial charge in [0.05, 0.1) is 6.61 Å². The normalized spacial score (nSPS) is 10.2. The molecule has 0 fully saturated rings. The number of carbonyl (C=O) groups excluding carboxylic acids is 1. The van der Waals surface area contributed by atoms with E-state index in [9.17, 15) is 4.79 Å². The van der Waals surface area contributed by atoms with Crippen LogP contribution in [-0.4, -0.2) is 19.0 Å². The summed E-state index contributed by atoms with van der Waals surface area (Å²) >= 11 is 0. The fourth-order valence-corrected chi connectivity index (χ4v) is 1.28. The molecule has 0 saturated heterocycles. The lowest BCUT2D eigenvalue weighted by molar-refractivity contribution is 0.0873. The molecule has 0 N–H and O–H groups in total. The number of Topliss-reactive ketones (excluding diaryl/α,β-unsaturated/α-hetero) is 1. The Balaban J connectivity index is 2.20. The fourth-order valence-electron chi connectivity index (χ4n) is 1.28. The Hall–Kier alpha value is -1.15. The second-order valence-corrected chi connectivity index (χ2v) is 3.51. The monoisotopic (exact) mass is 206 g/mol. The van der Waals surface area contributed by atoms with Crippen molar-refractivity contribution in [1.82, 2.24) is 0 Å². The molecule has 0 amide bonds. The van der Waals surface area contributed by atoms with Crippen molar-refractivity contribution in [1.29, 1.82) is 0 Å². The number of hydrogen-bond donors (Lipinski definition) is 0. The van der Waals surface area contributed by atoms with Gasteiger partial charge in [0.15, 0.2) is 5.78 Å². The second kappa shape index (κ2) is 7.18.